The number of carbonyl (C=O) groups is 1. The number of anilines is 3. The van der Waals surface area contributed by atoms with Crippen molar-refractivity contribution in [2.45, 2.75) is 20.8 Å². The standard InChI is InChI=1S/C20H20N4O/c1-13-4-7-16(8-5-13)23-19-12-21-18(11-22-19)20(25)24-17-9-6-14(2)10-15(17)3/h4-12H,1-3H3,(H,22,23)(H,24,25). The molecule has 3 aromatic rings. The quantitative estimate of drug-likeness (QED) is 0.743. The van der Waals surface area contributed by atoms with E-state index in [4.69, 9.17) is 0 Å². The van der Waals surface area contributed by atoms with Crippen LogP contribution in [-0.4, -0.2) is 15.9 Å². The molecular weight excluding hydrogens is 312 g/mol. The average Bonchev–Trinajstić information content (AvgIpc) is 2.60. The average molecular weight is 332 g/mol. The van der Waals surface area contributed by atoms with Crippen molar-refractivity contribution in [3.05, 3.63) is 77.2 Å². The fraction of sp³-hybridized carbons (Fsp3) is 0.150. The van der Waals surface area contributed by atoms with Crippen LogP contribution in [0.4, 0.5) is 17.2 Å². The summed E-state index contributed by atoms with van der Waals surface area (Å²) in [6.45, 7) is 6.01. The highest BCUT2D eigenvalue weighted by Crippen LogP contribution is 2.17. The first-order valence-corrected chi connectivity index (χ1v) is 8.05. The maximum Gasteiger partial charge on any atom is 0.275 e. The normalized spacial score (nSPS) is 10.4. The van der Waals surface area contributed by atoms with E-state index in [1.54, 1.807) is 6.20 Å². The van der Waals surface area contributed by atoms with Crippen molar-refractivity contribution < 1.29 is 4.79 Å². The number of aromatic nitrogens is 2. The Bertz CT molecular complexity index is 887. The predicted octanol–water partition coefficient (Wildman–Crippen LogP) is 4.40. The van der Waals surface area contributed by atoms with Gasteiger partial charge < -0.3 is 10.6 Å². The molecule has 0 spiro atoms. The fourth-order valence-corrected chi connectivity index (χ4v) is 2.43. The van der Waals surface area contributed by atoms with E-state index in [2.05, 4.69) is 20.6 Å². The van der Waals surface area contributed by atoms with Crippen LogP contribution < -0.4 is 10.6 Å². The molecule has 126 valence electrons. The fourth-order valence-electron chi connectivity index (χ4n) is 2.43. The van der Waals surface area contributed by atoms with E-state index < -0.39 is 0 Å². The zero-order chi connectivity index (χ0) is 17.8. The Kier molecular flexibility index (Phi) is 4.75. The van der Waals surface area contributed by atoms with Gasteiger partial charge in [-0.15, -0.1) is 0 Å². The summed E-state index contributed by atoms with van der Waals surface area (Å²) in [5.41, 5.74) is 5.33. The zero-order valence-electron chi connectivity index (χ0n) is 14.5. The minimum atomic E-state index is -0.277. The first kappa shape index (κ1) is 16.6. The molecular formula is C20H20N4O. The van der Waals surface area contributed by atoms with Gasteiger partial charge in [0.05, 0.1) is 12.4 Å². The summed E-state index contributed by atoms with van der Waals surface area (Å²) in [5, 5.41) is 6.02. The van der Waals surface area contributed by atoms with Gasteiger partial charge >= 0.3 is 0 Å². The highest BCUT2D eigenvalue weighted by atomic mass is 16.1. The number of amides is 1. The molecule has 0 saturated carbocycles. The minimum Gasteiger partial charge on any atom is -0.339 e. The Morgan fingerprint density at radius 3 is 2.24 bits per heavy atom. The number of rotatable bonds is 4. The van der Waals surface area contributed by atoms with Gasteiger partial charge in [-0.25, -0.2) is 9.97 Å². The van der Waals surface area contributed by atoms with Gasteiger partial charge in [-0.2, -0.15) is 0 Å². The van der Waals surface area contributed by atoms with E-state index in [0.717, 1.165) is 22.5 Å². The van der Waals surface area contributed by atoms with Crippen molar-refractivity contribution in [1.29, 1.82) is 0 Å². The molecule has 0 aliphatic heterocycles. The second kappa shape index (κ2) is 7.13. The summed E-state index contributed by atoms with van der Waals surface area (Å²) in [7, 11) is 0. The number of hydrogen-bond acceptors (Lipinski definition) is 4. The predicted molar refractivity (Wildman–Crippen MR) is 100 cm³/mol. The molecule has 1 aromatic heterocycles. The Hall–Kier alpha value is -3.21. The largest absolute Gasteiger partial charge is 0.339 e. The Morgan fingerprint density at radius 1 is 0.880 bits per heavy atom. The maximum atomic E-state index is 12.3. The number of nitrogens with zero attached hydrogens (tertiary/aromatic N) is 2. The van der Waals surface area contributed by atoms with Crippen LogP contribution in [0, 0.1) is 20.8 Å². The zero-order valence-corrected chi connectivity index (χ0v) is 14.5. The molecule has 0 fully saturated rings. The third kappa shape index (κ3) is 4.20. The molecule has 2 aromatic carbocycles. The number of nitrogens with one attached hydrogen (secondary N) is 2. The molecule has 1 amide bonds. The van der Waals surface area contributed by atoms with Crippen LogP contribution in [-0.2, 0) is 0 Å². The number of benzene rings is 2. The Balaban J connectivity index is 1.68. The molecule has 0 aliphatic rings. The molecule has 0 aliphatic carbocycles. The summed E-state index contributed by atoms with van der Waals surface area (Å²) >= 11 is 0. The van der Waals surface area contributed by atoms with Gasteiger partial charge in [-0.3, -0.25) is 4.79 Å². The lowest BCUT2D eigenvalue weighted by Gasteiger charge is -2.09. The van der Waals surface area contributed by atoms with Crippen molar-refractivity contribution in [3.63, 3.8) is 0 Å². The van der Waals surface area contributed by atoms with Gasteiger partial charge in [0.2, 0.25) is 0 Å². The van der Waals surface area contributed by atoms with Crippen LogP contribution in [0.25, 0.3) is 0 Å². The van der Waals surface area contributed by atoms with E-state index in [1.165, 1.54) is 11.8 Å². The summed E-state index contributed by atoms with van der Waals surface area (Å²) in [6, 6.07) is 13.8. The Morgan fingerprint density at radius 2 is 1.60 bits per heavy atom. The van der Waals surface area contributed by atoms with Gasteiger partial charge in [0, 0.05) is 11.4 Å². The highest BCUT2D eigenvalue weighted by Gasteiger charge is 2.10. The molecule has 1 heterocycles. The molecule has 0 bridgehead atoms. The topological polar surface area (TPSA) is 66.9 Å². The van der Waals surface area contributed by atoms with E-state index in [1.807, 2.05) is 63.2 Å². The second-order valence-corrected chi connectivity index (χ2v) is 6.05. The first-order chi connectivity index (χ1) is 12.0. The molecule has 0 atom stereocenters. The van der Waals surface area contributed by atoms with Gasteiger partial charge in [0.25, 0.3) is 5.91 Å². The van der Waals surface area contributed by atoms with Crippen LogP contribution in [0.3, 0.4) is 0 Å². The van der Waals surface area contributed by atoms with Crippen LogP contribution in [0.2, 0.25) is 0 Å². The third-order valence-electron chi connectivity index (χ3n) is 3.84. The molecule has 5 heteroatoms. The summed E-state index contributed by atoms with van der Waals surface area (Å²) in [4.78, 5) is 20.8. The second-order valence-electron chi connectivity index (χ2n) is 6.05. The first-order valence-electron chi connectivity index (χ1n) is 8.05. The van der Waals surface area contributed by atoms with Crippen LogP contribution >= 0.6 is 0 Å². The van der Waals surface area contributed by atoms with E-state index in [-0.39, 0.29) is 11.6 Å². The summed E-state index contributed by atoms with van der Waals surface area (Å²) in [5.74, 6) is 0.313. The maximum absolute atomic E-state index is 12.3. The number of aryl methyl sites for hydroxylation is 3. The molecule has 5 nitrogen and oxygen atoms in total. The molecule has 0 saturated heterocycles. The summed E-state index contributed by atoms with van der Waals surface area (Å²) < 4.78 is 0. The molecule has 0 unspecified atom stereocenters. The van der Waals surface area contributed by atoms with Crippen LogP contribution in [0.5, 0.6) is 0 Å². The van der Waals surface area contributed by atoms with Crippen molar-refractivity contribution in [3.8, 4) is 0 Å². The van der Waals surface area contributed by atoms with Crippen LogP contribution in [0.1, 0.15) is 27.2 Å². The molecule has 0 radical (unpaired) electrons. The van der Waals surface area contributed by atoms with Crippen LogP contribution in [0.15, 0.2) is 54.9 Å². The van der Waals surface area contributed by atoms with E-state index in [9.17, 15) is 4.79 Å². The van der Waals surface area contributed by atoms with Crippen molar-refractivity contribution >= 4 is 23.1 Å². The summed E-state index contributed by atoms with van der Waals surface area (Å²) in [6.07, 6.45) is 3.02. The lowest BCUT2D eigenvalue weighted by Crippen LogP contribution is -2.15. The van der Waals surface area contributed by atoms with Gasteiger partial charge in [-0.05, 0) is 44.5 Å². The monoisotopic (exact) mass is 332 g/mol. The Labute approximate surface area is 147 Å². The SMILES string of the molecule is Cc1ccc(Nc2cnc(C(=O)Nc3ccc(C)cc3C)cn2)cc1. The smallest absolute Gasteiger partial charge is 0.275 e. The molecule has 2 N–H and O–H groups in total. The lowest BCUT2D eigenvalue weighted by molar-refractivity contribution is 0.102. The van der Waals surface area contributed by atoms with Crippen molar-refractivity contribution in [2.24, 2.45) is 0 Å². The molecule has 3 rings (SSSR count). The number of hydrogen-bond donors (Lipinski definition) is 2. The van der Waals surface area contributed by atoms with Gasteiger partial charge in [0.15, 0.2) is 0 Å². The number of carbonyl (C=O) groups excluding carboxylic acids is 1. The van der Waals surface area contributed by atoms with Gasteiger partial charge in [0.1, 0.15) is 11.5 Å². The van der Waals surface area contributed by atoms with E-state index in [0.29, 0.717) is 5.82 Å². The minimum absolute atomic E-state index is 0.273. The third-order valence-corrected chi connectivity index (χ3v) is 3.84. The van der Waals surface area contributed by atoms with E-state index >= 15 is 0 Å². The highest BCUT2D eigenvalue weighted by molar-refractivity contribution is 6.03. The van der Waals surface area contributed by atoms with Crippen molar-refractivity contribution in [2.75, 3.05) is 10.6 Å². The lowest BCUT2D eigenvalue weighted by atomic mass is 10.1. The molecule has 25 heavy (non-hydrogen) atoms. The van der Waals surface area contributed by atoms with Gasteiger partial charge in [-0.1, -0.05) is 35.4 Å². The van der Waals surface area contributed by atoms with Crippen molar-refractivity contribution in [1.82, 2.24) is 9.97 Å².